The molecule has 186 valence electrons. The minimum atomic E-state index is -0.00987. The van der Waals surface area contributed by atoms with Gasteiger partial charge < -0.3 is 15.4 Å². The van der Waals surface area contributed by atoms with Crippen molar-refractivity contribution in [3.8, 4) is 17.0 Å². The summed E-state index contributed by atoms with van der Waals surface area (Å²) in [7, 11) is 1.92. The van der Waals surface area contributed by atoms with Crippen LogP contribution in [0.1, 0.15) is 60.3 Å². The number of fused-ring (bicyclic) bond motifs is 2. The Kier molecular flexibility index (Phi) is 5.62. The lowest BCUT2D eigenvalue weighted by atomic mass is 9.93. The van der Waals surface area contributed by atoms with Gasteiger partial charge >= 0.3 is 0 Å². The van der Waals surface area contributed by atoms with Gasteiger partial charge in [0.05, 0.1) is 23.9 Å². The second-order valence-electron chi connectivity index (χ2n) is 9.77. The first-order valence-electron chi connectivity index (χ1n) is 12.7. The number of ether oxygens (including phenoxy) is 1. The Bertz CT molecular complexity index is 1450. The molecule has 0 bridgehead atoms. The number of carbonyl (C=O) groups excluding carboxylic acids is 1. The van der Waals surface area contributed by atoms with Crippen LogP contribution in [0.25, 0.3) is 22.2 Å². The Morgan fingerprint density at radius 1 is 1.17 bits per heavy atom. The van der Waals surface area contributed by atoms with E-state index in [0.717, 1.165) is 82.8 Å². The van der Waals surface area contributed by atoms with E-state index in [9.17, 15) is 4.79 Å². The maximum absolute atomic E-state index is 12.0. The first-order chi connectivity index (χ1) is 17.5. The summed E-state index contributed by atoms with van der Waals surface area (Å²) in [6.07, 6.45) is 7.96. The minimum Gasteiger partial charge on any atom is -0.487 e. The van der Waals surface area contributed by atoms with E-state index in [1.165, 1.54) is 0 Å². The summed E-state index contributed by atoms with van der Waals surface area (Å²) in [5.41, 5.74) is 5.69. The number of carbonyl (C=O) groups is 1. The molecule has 0 spiro atoms. The molecule has 1 fully saturated rings. The lowest BCUT2D eigenvalue weighted by Crippen LogP contribution is -2.26. The van der Waals surface area contributed by atoms with Crippen LogP contribution in [0.3, 0.4) is 0 Å². The average Bonchev–Trinajstić information content (AvgIpc) is 3.54. The Morgan fingerprint density at radius 2 is 2.00 bits per heavy atom. The van der Waals surface area contributed by atoms with E-state index in [4.69, 9.17) is 9.84 Å². The van der Waals surface area contributed by atoms with Gasteiger partial charge in [-0.25, -0.2) is 4.98 Å². The number of aromatic nitrogens is 5. The third kappa shape index (κ3) is 3.98. The molecule has 0 radical (unpaired) electrons. The van der Waals surface area contributed by atoms with Crippen LogP contribution in [0.4, 0.5) is 5.82 Å². The van der Waals surface area contributed by atoms with Crippen molar-refractivity contribution in [3.05, 3.63) is 53.5 Å². The Morgan fingerprint density at radius 3 is 2.75 bits per heavy atom. The van der Waals surface area contributed by atoms with Crippen LogP contribution in [0.2, 0.25) is 0 Å². The van der Waals surface area contributed by atoms with Gasteiger partial charge in [-0.05, 0) is 57.2 Å². The predicted molar refractivity (Wildman–Crippen MR) is 138 cm³/mol. The third-order valence-corrected chi connectivity index (χ3v) is 7.26. The Hall–Kier alpha value is -3.88. The highest BCUT2D eigenvalue weighted by molar-refractivity contribution is 6.00. The van der Waals surface area contributed by atoms with Crippen molar-refractivity contribution >= 4 is 22.6 Å². The largest absolute Gasteiger partial charge is 0.487 e. The maximum atomic E-state index is 12.0. The summed E-state index contributed by atoms with van der Waals surface area (Å²) in [6.45, 7) is 5.42. The predicted octanol–water partition coefficient (Wildman–Crippen LogP) is 4.38. The zero-order valence-electron chi connectivity index (χ0n) is 20.9. The number of hydrogen-bond acceptors (Lipinski definition) is 6. The van der Waals surface area contributed by atoms with Gasteiger partial charge in [0.1, 0.15) is 17.2 Å². The van der Waals surface area contributed by atoms with Crippen molar-refractivity contribution in [3.63, 3.8) is 0 Å². The minimum absolute atomic E-state index is 0.00987. The zero-order chi connectivity index (χ0) is 24.8. The first kappa shape index (κ1) is 22.6. The van der Waals surface area contributed by atoms with Crippen LogP contribution in [0.15, 0.2) is 36.7 Å². The number of nitrogens with one attached hydrogen (secondary N) is 2. The van der Waals surface area contributed by atoms with E-state index in [1.54, 1.807) is 4.68 Å². The molecule has 1 aromatic carbocycles. The van der Waals surface area contributed by atoms with Crippen LogP contribution in [-0.2, 0) is 13.6 Å². The highest BCUT2D eigenvalue weighted by atomic mass is 16.5. The molecular formula is C27H31N7O2. The van der Waals surface area contributed by atoms with Gasteiger partial charge in [-0.2, -0.15) is 10.2 Å². The molecule has 1 aliphatic heterocycles. The fraction of sp³-hybridized carbons (Fsp3) is 0.407. The van der Waals surface area contributed by atoms with Gasteiger partial charge in [0.2, 0.25) is 0 Å². The fourth-order valence-corrected chi connectivity index (χ4v) is 5.46. The highest BCUT2D eigenvalue weighted by Crippen LogP contribution is 2.37. The van der Waals surface area contributed by atoms with Crippen molar-refractivity contribution in [1.82, 2.24) is 29.9 Å². The number of aryl methyl sites for hydroxylation is 2. The second kappa shape index (κ2) is 8.96. The zero-order valence-corrected chi connectivity index (χ0v) is 20.9. The lowest BCUT2D eigenvalue weighted by molar-refractivity contribution is 0.0965. The van der Waals surface area contributed by atoms with Crippen LogP contribution in [0, 0.1) is 6.92 Å². The number of rotatable bonds is 6. The third-order valence-electron chi connectivity index (χ3n) is 7.26. The summed E-state index contributed by atoms with van der Waals surface area (Å²) in [4.78, 5) is 16.7. The van der Waals surface area contributed by atoms with Gasteiger partial charge in [-0.1, -0.05) is 6.07 Å². The van der Waals surface area contributed by atoms with Crippen molar-refractivity contribution in [1.29, 1.82) is 0 Å². The molecule has 6 rings (SSSR count). The average molecular weight is 486 g/mol. The van der Waals surface area contributed by atoms with Crippen LogP contribution in [0.5, 0.6) is 5.75 Å². The number of pyridine rings is 1. The van der Waals surface area contributed by atoms with Crippen molar-refractivity contribution < 1.29 is 9.53 Å². The normalized spacial score (nSPS) is 19.4. The molecule has 4 heterocycles. The maximum Gasteiger partial charge on any atom is 0.251 e. The molecule has 1 aliphatic carbocycles. The van der Waals surface area contributed by atoms with Gasteiger partial charge in [-0.15, -0.1) is 0 Å². The smallest absolute Gasteiger partial charge is 0.251 e. The Balaban J connectivity index is 1.31. The van der Waals surface area contributed by atoms with E-state index < -0.39 is 0 Å². The van der Waals surface area contributed by atoms with Crippen LogP contribution >= 0.6 is 0 Å². The molecule has 0 saturated heterocycles. The van der Waals surface area contributed by atoms with Gasteiger partial charge in [0.15, 0.2) is 5.75 Å². The van der Waals surface area contributed by atoms with Crippen molar-refractivity contribution in [2.24, 2.45) is 7.05 Å². The number of benzene rings is 1. The van der Waals surface area contributed by atoms with E-state index in [0.29, 0.717) is 6.54 Å². The standard InChI is InChI=1S/C27H31N7O2/c1-4-28-25-12-23-22(14-29-25)26(17-5-10-21-18(11-17)13-30-27(21)35)32-34(23)19-6-8-20(9-7-19)36-24-15-33(3)31-16(24)2/h5,10-12,14-15,19-20H,4,6-9,13H2,1-3H3,(H,28,29)(H,30,35). The van der Waals surface area contributed by atoms with Gasteiger partial charge in [0, 0.05) is 48.9 Å². The molecule has 9 nitrogen and oxygen atoms in total. The van der Waals surface area contributed by atoms with E-state index in [2.05, 4.69) is 44.5 Å². The molecule has 4 aromatic rings. The topological polar surface area (TPSA) is 98.9 Å². The molecule has 36 heavy (non-hydrogen) atoms. The monoisotopic (exact) mass is 485 g/mol. The van der Waals surface area contributed by atoms with Gasteiger partial charge in [0.25, 0.3) is 5.91 Å². The molecule has 9 heteroatoms. The summed E-state index contributed by atoms with van der Waals surface area (Å²) in [6, 6.07) is 8.37. The van der Waals surface area contributed by atoms with Gasteiger partial charge in [-0.3, -0.25) is 14.2 Å². The van der Waals surface area contributed by atoms with Crippen molar-refractivity contribution in [2.45, 2.75) is 58.2 Å². The first-order valence-corrected chi connectivity index (χ1v) is 12.7. The fourth-order valence-electron chi connectivity index (χ4n) is 5.46. The number of amides is 1. The molecule has 0 unspecified atom stereocenters. The van der Waals surface area contributed by atoms with E-state index in [1.807, 2.05) is 38.5 Å². The van der Waals surface area contributed by atoms with E-state index >= 15 is 0 Å². The summed E-state index contributed by atoms with van der Waals surface area (Å²) >= 11 is 0. The highest BCUT2D eigenvalue weighted by Gasteiger charge is 2.28. The Labute approximate surface area is 209 Å². The summed E-state index contributed by atoms with van der Waals surface area (Å²) < 4.78 is 10.3. The molecular weight excluding hydrogens is 454 g/mol. The molecule has 2 N–H and O–H groups in total. The molecule has 0 atom stereocenters. The van der Waals surface area contributed by atoms with Crippen molar-refractivity contribution in [2.75, 3.05) is 11.9 Å². The quantitative estimate of drug-likeness (QED) is 0.421. The lowest BCUT2D eigenvalue weighted by Gasteiger charge is -2.29. The van der Waals surface area contributed by atoms with Crippen LogP contribution < -0.4 is 15.4 Å². The number of anilines is 1. The van der Waals surface area contributed by atoms with E-state index in [-0.39, 0.29) is 18.1 Å². The number of hydrogen-bond donors (Lipinski definition) is 2. The molecule has 2 aliphatic rings. The molecule has 1 amide bonds. The molecule has 1 saturated carbocycles. The SMILES string of the molecule is CCNc1cc2c(cn1)c(-c1ccc3c(c1)CNC3=O)nn2C1CCC(Oc2cn(C)nc2C)CC1. The second-order valence-corrected chi connectivity index (χ2v) is 9.77. The summed E-state index contributed by atoms with van der Waals surface area (Å²) in [5, 5.41) is 16.8. The summed E-state index contributed by atoms with van der Waals surface area (Å²) in [5.74, 6) is 1.72. The molecule has 3 aromatic heterocycles. The van der Waals surface area contributed by atoms with Crippen LogP contribution in [-0.4, -0.2) is 43.1 Å². The number of nitrogens with zero attached hydrogens (tertiary/aromatic N) is 5.